The molecule has 0 bridgehead atoms. The number of hydrogen-bond donors (Lipinski definition) is 2. The number of nitrogens with two attached hydrogens (primary N) is 1. The van der Waals surface area contributed by atoms with Crippen molar-refractivity contribution in [2.24, 2.45) is 12.8 Å². The van der Waals surface area contributed by atoms with E-state index < -0.39 is 0 Å². The van der Waals surface area contributed by atoms with E-state index >= 15 is 0 Å². The van der Waals surface area contributed by atoms with Gasteiger partial charge >= 0.3 is 0 Å². The summed E-state index contributed by atoms with van der Waals surface area (Å²) in [6, 6.07) is 1.62. The van der Waals surface area contributed by atoms with Gasteiger partial charge in [0.2, 0.25) is 0 Å². The summed E-state index contributed by atoms with van der Waals surface area (Å²) in [4.78, 5) is 5.10. The Balaban J connectivity index is 2.33. The molecule has 2 heterocycles. The van der Waals surface area contributed by atoms with Crippen molar-refractivity contribution in [3.05, 3.63) is 35.2 Å². The first kappa shape index (κ1) is 11.9. The van der Waals surface area contributed by atoms with Gasteiger partial charge in [0.1, 0.15) is 10.9 Å². The summed E-state index contributed by atoms with van der Waals surface area (Å²) in [7, 11) is 1.84. The Hall–Kier alpha value is -1.53. The maximum Gasteiger partial charge on any atom is 0.124 e. The second-order valence-corrected chi connectivity index (χ2v) is 4.78. The predicted octanol–water partition coefficient (Wildman–Crippen LogP) is 1.90. The lowest BCUT2D eigenvalue weighted by Gasteiger charge is -2.05. The Kier molecular flexibility index (Phi) is 3.35. The monoisotopic (exact) mass is 267 g/mol. The SMILES string of the molecule is Cn1cc(Sc2nccc(C(=N)N)c2Cl)cn1. The van der Waals surface area contributed by atoms with Gasteiger partial charge in [0.05, 0.1) is 16.1 Å². The minimum Gasteiger partial charge on any atom is -0.384 e. The van der Waals surface area contributed by atoms with Crippen molar-refractivity contribution in [1.82, 2.24) is 14.8 Å². The lowest BCUT2D eigenvalue weighted by molar-refractivity contribution is 0.766. The first-order valence-corrected chi connectivity index (χ1v) is 5.93. The van der Waals surface area contributed by atoms with Crippen molar-refractivity contribution in [3.63, 3.8) is 0 Å². The molecule has 0 unspecified atom stereocenters. The number of hydrogen-bond acceptors (Lipinski definition) is 4. The second-order valence-electron chi connectivity index (χ2n) is 3.34. The van der Waals surface area contributed by atoms with Crippen molar-refractivity contribution >= 4 is 29.2 Å². The molecule has 2 aromatic heterocycles. The topological polar surface area (TPSA) is 80.6 Å². The highest BCUT2D eigenvalue weighted by atomic mass is 35.5. The second kappa shape index (κ2) is 4.77. The van der Waals surface area contributed by atoms with Gasteiger partial charge in [-0.15, -0.1) is 0 Å². The van der Waals surface area contributed by atoms with E-state index in [4.69, 9.17) is 22.7 Å². The van der Waals surface area contributed by atoms with Crippen LogP contribution in [0.15, 0.2) is 34.6 Å². The third kappa shape index (κ3) is 2.59. The number of nitrogens with zero attached hydrogens (tertiary/aromatic N) is 3. The molecular weight excluding hydrogens is 258 g/mol. The Morgan fingerprint density at radius 1 is 1.59 bits per heavy atom. The molecule has 0 atom stereocenters. The predicted molar refractivity (Wildman–Crippen MR) is 67.6 cm³/mol. The maximum absolute atomic E-state index is 7.40. The first-order chi connectivity index (χ1) is 8.08. The Morgan fingerprint density at radius 2 is 2.35 bits per heavy atom. The summed E-state index contributed by atoms with van der Waals surface area (Å²) in [6.45, 7) is 0. The van der Waals surface area contributed by atoms with Crippen LogP contribution in [-0.4, -0.2) is 20.6 Å². The van der Waals surface area contributed by atoms with Crippen LogP contribution in [0.1, 0.15) is 5.56 Å². The van der Waals surface area contributed by atoms with Crippen molar-refractivity contribution in [2.45, 2.75) is 9.92 Å². The molecule has 2 rings (SSSR count). The summed E-state index contributed by atoms with van der Waals surface area (Å²) >= 11 is 7.52. The van der Waals surface area contributed by atoms with Crippen LogP contribution < -0.4 is 5.73 Å². The zero-order chi connectivity index (χ0) is 12.4. The number of amidine groups is 1. The fourth-order valence-corrected chi connectivity index (χ4v) is 2.44. The van der Waals surface area contributed by atoms with E-state index in [0.29, 0.717) is 15.6 Å². The van der Waals surface area contributed by atoms with Crippen LogP contribution >= 0.6 is 23.4 Å². The minimum atomic E-state index is -0.0644. The van der Waals surface area contributed by atoms with E-state index in [0.717, 1.165) is 4.90 Å². The Morgan fingerprint density at radius 3 is 2.94 bits per heavy atom. The molecule has 0 aliphatic heterocycles. The maximum atomic E-state index is 7.40. The van der Waals surface area contributed by atoms with Gasteiger partial charge in [0, 0.05) is 25.0 Å². The highest BCUT2D eigenvalue weighted by Gasteiger charge is 2.11. The molecule has 0 amide bonds. The van der Waals surface area contributed by atoms with Crippen LogP contribution in [0.4, 0.5) is 0 Å². The molecular formula is C10H10ClN5S. The number of pyridine rings is 1. The average molecular weight is 268 g/mol. The van der Waals surface area contributed by atoms with E-state index in [-0.39, 0.29) is 5.84 Å². The third-order valence-electron chi connectivity index (χ3n) is 2.04. The summed E-state index contributed by atoms with van der Waals surface area (Å²) in [5.74, 6) is -0.0644. The number of halogens is 1. The largest absolute Gasteiger partial charge is 0.384 e. The molecule has 0 fully saturated rings. The number of aryl methyl sites for hydroxylation is 1. The summed E-state index contributed by atoms with van der Waals surface area (Å²) in [6.07, 6.45) is 5.17. The zero-order valence-corrected chi connectivity index (χ0v) is 10.6. The van der Waals surface area contributed by atoms with Crippen molar-refractivity contribution in [3.8, 4) is 0 Å². The van der Waals surface area contributed by atoms with Crippen LogP contribution in [0.5, 0.6) is 0 Å². The van der Waals surface area contributed by atoms with Gasteiger partial charge in [-0.3, -0.25) is 10.1 Å². The van der Waals surface area contributed by atoms with E-state index in [1.165, 1.54) is 11.8 Å². The summed E-state index contributed by atoms with van der Waals surface area (Å²) in [5.41, 5.74) is 5.92. The molecule has 88 valence electrons. The molecule has 0 radical (unpaired) electrons. The summed E-state index contributed by atoms with van der Waals surface area (Å²) < 4.78 is 1.70. The molecule has 0 aromatic carbocycles. The molecule has 7 heteroatoms. The summed E-state index contributed by atoms with van der Waals surface area (Å²) in [5, 5.41) is 12.5. The fraction of sp³-hybridized carbons (Fsp3) is 0.100. The number of aromatic nitrogens is 3. The standard InChI is InChI=1S/C10H10ClN5S/c1-16-5-6(4-15-16)17-10-8(11)7(9(12)13)2-3-14-10/h2-5H,1H3,(H3,12,13). The van der Waals surface area contributed by atoms with Gasteiger partial charge < -0.3 is 5.73 Å². The van der Waals surface area contributed by atoms with Crippen LogP contribution in [0.3, 0.4) is 0 Å². The molecule has 5 nitrogen and oxygen atoms in total. The Bertz CT molecular complexity index is 566. The number of rotatable bonds is 3. The van der Waals surface area contributed by atoms with Crippen LogP contribution in [-0.2, 0) is 7.05 Å². The van der Waals surface area contributed by atoms with E-state index in [9.17, 15) is 0 Å². The van der Waals surface area contributed by atoms with Crippen molar-refractivity contribution in [2.75, 3.05) is 0 Å². The van der Waals surface area contributed by atoms with E-state index in [1.54, 1.807) is 23.1 Å². The lowest BCUT2D eigenvalue weighted by atomic mass is 10.2. The van der Waals surface area contributed by atoms with Gasteiger partial charge in [-0.25, -0.2) is 4.98 Å². The molecule has 2 aromatic rings. The first-order valence-electron chi connectivity index (χ1n) is 4.73. The van der Waals surface area contributed by atoms with E-state index in [2.05, 4.69) is 10.1 Å². The van der Waals surface area contributed by atoms with Gasteiger partial charge in [-0.1, -0.05) is 23.4 Å². The number of nitrogens with one attached hydrogen (secondary N) is 1. The quantitative estimate of drug-likeness (QED) is 0.657. The van der Waals surface area contributed by atoms with Gasteiger partial charge in [0.25, 0.3) is 0 Å². The molecule has 0 saturated heterocycles. The molecule has 3 N–H and O–H groups in total. The van der Waals surface area contributed by atoms with Crippen molar-refractivity contribution in [1.29, 1.82) is 5.41 Å². The van der Waals surface area contributed by atoms with Crippen LogP contribution in [0, 0.1) is 5.41 Å². The van der Waals surface area contributed by atoms with Crippen molar-refractivity contribution < 1.29 is 0 Å². The van der Waals surface area contributed by atoms with E-state index in [1.807, 2.05) is 13.2 Å². The third-order valence-corrected chi connectivity index (χ3v) is 3.49. The van der Waals surface area contributed by atoms with Crippen LogP contribution in [0.2, 0.25) is 5.02 Å². The van der Waals surface area contributed by atoms with Gasteiger partial charge in [0.15, 0.2) is 0 Å². The molecule has 17 heavy (non-hydrogen) atoms. The van der Waals surface area contributed by atoms with Crippen LogP contribution in [0.25, 0.3) is 0 Å². The highest BCUT2D eigenvalue weighted by Crippen LogP contribution is 2.32. The molecule has 0 aliphatic rings. The molecule has 0 saturated carbocycles. The normalized spacial score (nSPS) is 10.5. The van der Waals surface area contributed by atoms with Gasteiger partial charge in [-0.05, 0) is 6.07 Å². The average Bonchev–Trinajstić information content (AvgIpc) is 2.67. The molecule has 0 aliphatic carbocycles. The number of nitrogen functional groups attached to an aromatic ring is 1. The molecule has 0 spiro atoms. The van der Waals surface area contributed by atoms with Gasteiger partial charge in [-0.2, -0.15) is 5.10 Å². The highest BCUT2D eigenvalue weighted by molar-refractivity contribution is 7.99. The smallest absolute Gasteiger partial charge is 0.124 e. The Labute approximate surface area is 107 Å². The zero-order valence-electron chi connectivity index (χ0n) is 9.01. The fourth-order valence-electron chi connectivity index (χ4n) is 1.27. The lowest BCUT2D eigenvalue weighted by Crippen LogP contribution is -2.12. The minimum absolute atomic E-state index is 0.0644.